The van der Waals surface area contributed by atoms with E-state index in [9.17, 15) is 0 Å². The third-order valence-corrected chi connectivity index (χ3v) is 2.51. The Balaban J connectivity index is 2.14. The Labute approximate surface area is 82.6 Å². The number of nitrogens with one attached hydrogen (secondary N) is 3. The summed E-state index contributed by atoms with van der Waals surface area (Å²) in [5.41, 5.74) is 1.26. The minimum atomic E-state index is 0.417. The lowest BCUT2D eigenvalue weighted by molar-refractivity contribution is 0.429. The number of hydrogen-bond acceptors (Lipinski definition) is 3. The van der Waals surface area contributed by atoms with Gasteiger partial charge in [0.25, 0.3) is 0 Å². The first-order chi connectivity index (χ1) is 6.36. The summed E-state index contributed by atoms with van der Waals surface area (Å²) in [5, 5.41) is 6.78. The van der Waals surface area contributed by atoms with Crippen LogP contribution < -0.4 is 10.6 Å². The van der Waals surface area contributed by atoms with Crippen LogP contribution in [0.25, 0.3) is 0 Å². The molecule has 1 atom stereocenters. The maximum Gasteiger partial charge on any atom is 0.103 e. The van der Waals surface area contributed by atoms with Gasteiger partial charge in [-0.25, -0.2) is 0 Å². The quantitative estimate of drug-likeness (QED) is 0.585. The predicted molar refractivity (Wildman–Crippen MR) is 55.2 cm³/mol. The largest absolute Gasteiger partial charge is 0.353 e. The molecule has 4 heteroatoms. The molecule has 0 radical (unpaired) electrons. The van der Waals surface area contributed by atoms with Crippen molar-refractivity contribution >= 4 is 12.2 Å². The zero-order valence-electron chi connectivity index (χ0n) is 7.34. The number of aromatic nitrogens is 1. The minimum absolute atomic E-state index is 0.417. The molecular formula is C9H13N3S. The molecule has 2 rings (SSSR count). The lowest BCUT2D eigenvalue weighted by atomic mass is 10.1. The Morgan fingerprint density at radius 1 is 1.31 bits per heavy atom. The van der Waals surface area contributed by atoms with Crippen molar-refractivity contribution in [1.29, 1.82) is 0 Å². The van der Waals surface area contributed by atoms with E-state index in [1.165, 1.54) is 5.56 Å². The molecule has 0 bridgehead atoms. The van der Waals surface area contributed by atoms with Gasteiger partial charge in [-0.3, -0.25) is 0 Å². The number of hydrogen-bond donors (Lipinski definition) is 3. The molecule has 0 saturated carbocycles. The van der Waals surface area contributed by atoms with Crippen LogP contribution in [0, 0.1) is 4.64 Å². The molecule has 2 heterocycles. The van der Waals surface area contributed by atoms with Gasteiger partial charge in [-0.2, -0.15) is 0 Å². The first-order valence-corrected chi connectivity index (χ1v) is 4.90. The summed E-state index contributed by atoms with van der Waals surface area (Å²) in [6.45, 7) is 3.07. The molecule has 70 valence electrons. The lowest BCUT2D eigenvalue weighted by Gasteiger charge is -2.24. The molecule has 0 aromatic carbocycles. The molecule has 1 aromatic rings. The number of aromatic amines is 1. The van der Waals surface area contributed by atoms with Gasteiger partial charge in [-0.1, -0.05) is 18.3 Å². The second-order valence-electron chi connectivity index (χ2n) is 3.20. The minimum Gasteiger partial charge on any atom is -0.353 e. The van der Waals surface area contributed by atoms with E-state index >= 15 is 0 Å². The monoisotopic (exact) mass is 195 g/mol. The fourth-order valence-electron chi connectivity index (χ4n) is 1.53. The van der Waals surface area contributed by atoms with Crippen molar-refractivity contribution in [3.05, 3.63) is 28.5 Å². The van der Waals surface area contributed by atoms with Crippen molar-refractivity contribution in [3.63, 3.8) is 0 Å². The van der Waals surface area contributed by atoms with E-state index in [-0.39, 0.29) is 0 Å². The highest BCUT2D eigenvalue weighted by molar-refractivity contribution is 7.71. The Morgan fingerprint density at radius 2 is 2.23 bits per heavy atom. The van der Waals surface area contributed by atoms with E-state index < -0.39 is 0 Å². The first kappa shape index (κ1) is 8.87. The van der Waals surface area contributed by atoms with Crippen LogP contribution in [-0.2, 0) is 0 Å². The Kier molecular flexibility index (Phi) is 2.73. The molecule has 3 N–H and O–H groups in total. The SMILES string of the molecule is S=c1ccc(C2CNCCN2)c[nH]1. The van der Waals surface area contributed by atoms with Gasteiger partial charge in [0.15, 0.2) is 0 Å². The van der Waals surface area contributed by atoms with E-state index in [0.717, 1.165) is 24.3 Å². The van der Waals surface area contributed by atoms with Crippen molar-refractivity contribution in [2.24, 2.45) is 0 Å². The summed E-state index contributed by atoms with van der Waals surface area (Å²) in [6.07, 6.45) is 1.98. The van der Waals surface area contributed by atoms with Gasteiger partial charge in [0.05, 0.1) is 0 Å². The van der Waals surface area contributed by atoms with Crippen LogP contribution in [0.2, 0.25) is 0 Å². The zero-order valence-corrected chi connectivity index (χ0v) is 8.16. The van der Waals surface area contributed by atoms with Crippen LogP contribution in [-0.4, -0.2) is 24.6 Å². The number of H-pyrrole nitrogens is 1. The average molecular weight is 195 g/mol. The Hall–Kier alpha value is -0.710. The summed E-state index contributed by atoms with van der Waals surface area (Å²) in [6, 6.07) is 4.42. The van der Waals surface area contributed by atoms with E-state index in [2.05, 4.69) is 21.7 Å². The van der Waals surface area contributed by atoms with Gasteiger partial charge < -0.3 is 15.6 Å². The van der Waals surface area contributed by atoms with Crippen molar-refractivity contribution in [2.75, 3.05) is 19.6 Å². The molecule has 0 amide bonds. The summed E-state index contributed by atoms with van der Waals surface area (Å²) in [5.74, 6) is 0. The molecular weight excluding hydrogens is 182 g/mol. The molecule has 0 aliphatic carbocycles. The zero-order chi connectivity index (χ0) is 9.10. The van der Waals surface area contributed by atoms with Crippen LogP contribution in [0.4, 0.5) is 0 Å². The molecule has 1 aliphatic rings. The predicted octanol–water partition coefficient (Wildman–Crippen LogP) is 0.978. The number of pyridine rings is 1. The standard InChI is InChI=1S/C9H13N3S/c13-9-2-1-7(5-12-9)8-6-10-3-4-11-8/h1-2,5,8,10-11H,3-4,6H2,(H,12,13). The third-order valence-electron chi connectivity index (χ3n) is 2.25. The molecule has 1 fully saturated rings. The van der Waals surface area contributed by atoms with Crippen LogP contribution >= 0.6 is 12.2 Å². The van der Waals surface area contributed by atoms with Crippen molar-refractivity contribution in [1.82, 2.24) is 15.6 Å². The van der Waals surface area contributed by atoms with Crippen LogP contribution in [0.3, 0.4) is 0 Å². The normalized spacial score (nSPS) is 22.9. The third kappa shape index (κ3) is 2.15. The van der Waals surface area contributed by atoms with Gasteiger partial charge in [0, 0.05) is 31.9 Å². The van der Waals surface area contributed by atoms with E-state index in [1.807, 2.05) is 12.3 Å². The van der Waals surface area contributed by atoms with Gasteiger partial charge in [0.1, 0.15) is 4.64 Å². The topological polar surface area (TPSA) is 39.8 Å². The molecule has 3 nitrogen and oxygen atoms in total. The molecule has 1 aromatic heterocycles. The second-order valence-corrected chi connectivity index (χ2v) is 3.64. The summed E-state index contributed by atoms with van der Waals surface area (Å²) < 4.78 is 0.785. The van der Waals surface area contributed by atoms with Gasteiger partial charge in [-0.05, 0) is 11.6 Å². The smallest absolute Gasteiger partial charge is 0.103 e. The highest BCUT2D eigenvalue weighted by Crippen LogP contribution is 2.11. The van der Waals surface area contributed by atoms with E-state index in [1.54, 1.807) is 0 Å². The van der Waals surface area contributed by atoms with Gasteiger partial charge in [-0.15, -0.1) is 0 Å². The van der Waals surface area contributed by atoms with Crippen molar-refractivity contribution in [3.8, 4) is 0 Å². The lowest BCUT2D eigenvalue weighted by Crippen LogP contribution is -2.42. The Bertz CT molecular complexity index is 307. The van der Waals surface area contributed by atoms with E-state index in [4.69, 9.17) is 12.2 Å². The van der Waals surface area contributed by atoms with Gasteiger partial charge in [0.2, 0.25) is 0 Å². The molecule has 1 unspecified atom stereocenters. The highest BCUT2D eigenvalue weighted by atomic mass is 32.1. The first-order valence-electron chi connectivity index (χ1n) is 4.49. The fraction of sp³-hybridized carbons (Fsp3) is 0.444. The van der Waals surface area contributed by atoms with E-state index in [0.29, 0.717) is 6.04 Å². The maximum absolute atomic E-state index is 4.98. The molecule has 1 saturated heterocycles. The van der Waals surface area contributed by atoms with Crippen LogP contribution in [0.15, 0.2) is 18.3 Å². The van der Waals surface area contributed by atoms with Crippen molar-refractivity contribution in [2.45, 2.75) is 6.04 Å². The highest BCUT2D eigenvalue weighted by Gasteiger charge is 2.13. The molecule has 13 heavy (non-hydrogen) atoms. The van der Waals surface area contributed by atoms with Crippen LogP contribution in [0.5, 0.6) is 0 Å². The molecule has 1 aliphatic heterocycles. The second kappa shape index (κ2) is 4.00. The van der Waals surface area contributed by atoms with Crippen molar-refractivity contribution < 1.29 is 0 Å². The maximum atomic E-state index is 4.98. The summed E-state index contributed by atoms with van der Waals surface area (Å²) in [7, 11) is 0. The summed E-state index contributed by atoms with van der Waals surface area (Å²) in [4.78, 5) is 3.04. The summed E-state index contributed by atoms with van der Waals surface area (Å²) >= 11 is 4.98. The number of piperazine rings is 1. The van der Waals surface area contributed by atoms with Gasteiger partial charge >= 0.3 is 0 Å². The number of rotatable bonds is 1. The fourth-order valence-corrected chi connectivity index (χ4v) is 1.66. The van der Waals surface area contributed by atoms with Crippen LogP contribution in [0.1, 0.15) is 11.6 Å². The Morgan fingerprint density at radius 3 is 2.85 bits per heavy atom. The average Bonchev–Trinajstić information content (AvgIpc) is 2.20. The molecule has 0 spiro atoms.